The Morgan fingerprint density at radius 1 is 0.556 bits per heavy atom. The highest BCUT2D eigenvalue weighted by molar-refractivity contribution is 6.74. The van der Waals surface area contributed by atoms with Crippen molar-refractivity contribution in [1.29, 1.82) is 0 Å². The molecular formula is C40H23BN2O2. The van der Waals surface area contributed by atoms with Gasteiger partial charge >= 0.3 is 0 Å². The Morgan fingerprint density at radius 3 is 2.31 bits per heavy atom. The normalized spacial score (nSPS) is 13.2. The first-order valence-corrected chi connectivity index (χ1v) is 15.4. The molecule has 2 aliphatic rings. The summed E-state index contributed by atoms with van der Waals surface area (Å²) in [5.41, 5.74) is 12.2. The van der Waals surface area contributed by atoms with Crippen LogP contribution in [0, 0.1) is 0 Å². The lowest BCUT2D eigenvalue weighted by Crippen LogP contribution is -2.42. The predicted molar refractivity (Wildman–Crippen MR) is 187 cm³/mol. The fraction of sp³-hybridized carbons (Fsp3) is 0. The zero-order valence-electron chi connectivity index (χ0n) is 24.1. The van der Waals surface area contributed by atoms with E-state index in [1.165, 1.54) is 49.1 Å². The summed E-state index contributed by atoms with van der Waals surface area (Å²) in [6.45, 7) is 0. The lowest BCUT2D eigenvalue weighted by atomic mass is 9.58. The summed E-state index contributed by atoms with van der Waals surface area (Å²) >= 11 is 0. The Hall–Kier alpha value is -5.94. The van der Waals surface area contributed by atoms with Crippen molar-refractivity contribution in [2.45, 2.75) is 0 Å². The van der Waals surface area contributed by atoms with Gasteiger partial charge in [0.05, 0.1) is 28.1 Å². The summed E-state index contributed by atoms with van der Waals surface area (Å²) < 4.78 is 13.2. The van der Waals surface area contributed by atoms with Gasteiger partial charge in [-0.25, -0.2) is 0 Å². The number of rotatable bonds is 1. The highest BCUT2D eigenvalue weighted by Crippen LogP contribution is 2.53. The van der Waals surface area contributed by atoms with Gasteiger partial charge in [0.2, 0.25) is 0 Å². The van der Waals surface area contributed by atoms with Crippen molar-refractivity contribution in [3.8, 4) is 22.6 Å². The molecule has 0 aliphatic carbocycles. The van der Waals surface area contributed by atoms with Gasteiger partial charge in [-0.2, -0.15) is 0 Å². The van der Waals surface area contributed by atoms with Crippen LogP contribution in [0.15, 0.2) is 132 Å². The van der Waals surface area contributed by atoms with Gasteiger partial charge in [-0.3, -0.25) is 0 Å². The molecule has 2 aromatic heterocycles. The van der Waals surface area contributed by atoms with Crippen LogP contribution in [0.2, 0.25) is 0 Å². The smallest absolute Gasteiger partial charge is 0.198 e. The van der Waals surface area contributed by atoms with Crippen molar-refractivity contribution in [3.63, 3.8) is 0 Å². The molecule has 0 fully saturated rings. The fourth-order valence-corrected chi connectivity index (χ4v) is 7.86. The minimum absolute atomic E-state index is 0.766. The number of nitrogens with zero attached hydrogens (tertiary/aromatic N) is 1. The lowest BCUT2D eigenvalue weighted by molar-refractivity contribution is 0.477. The van der Waals surface area contributed by atoms with Crippen molar-refractivity contribution in [3.05, 3.63) is 127 Å². The SMILES string of the molecule is B1c2cccc3c2N(c2ccccc2O3)c2c1c(-c1cccc3c1[nH]c1c4ccccc4ccc31)cc1c2oc2ccccc21. The molecular weight excluding hydrogens is 551 g/mol. The van der Waals surface area contributed by atoms with Gasteiger partial charge < -0.3 is 19.0 Å². The van der Waals surface area contributed by atoms with Crippen LogP contribution in [-0.4, -0.2) is 12.3 Å². The minimum atomic E-state index is 0.766. The number of aromatic amines is 1. The summed E-state index contributed by atoms with van der Waals surface area (Å²) in [5.74, 6) is 1.71. The van der Waals surface area contributed by atoms with Crippen molar-refractivity contribution < 1.29 is 9.15 Å². The van der Waals surface area contributed by atoms with Gasteiger partial charge in [-0.15, -0.1) is 0 Å². The highest BCUT2D eigenvalue weighted by Gasteiger charge is 2.37. The number of nitrogens with one attached hydrogen (secondary N) is 1. The van der Waals surface area contributed by atoms with E-state index in [2.05, 4.69) is 125 Å². The Balaban J connectivity index is 1.30. The molecule has 0 spiro atoms. The molecule has 208 valence electrons. The van der Waals surface area contributed by atoms with Crippen LogP contribution in [0.25, 0.3) is 65.6 Å². The zero-order chi connectivity index (χ0) is 29.2. The molecule has 11 rings (SSSR count). The lowest BCUT2D eigenvalue weighted by Gasteiger charge is -2.39. The van der Waals surface area contributed by atoms with Crippen molar-refractivity contribution in [2.75, 3.05) is 4.90 Å². The van der Waals surface area contributed by atoms with E-state index in [0.717, 1.165) is 63.3 Å². The van der Waals surface area contributed by atoms with Crippen molar-refractivity contribution in [2.24, 2.45) is 0 Å². The number of ether oxygens (including phenoxy) is 1. The van der Waals surface area contributed by atoms with Gasteiger partial charge in [-0.05, 0) is 46.7 Å². The van der Waals surface area contributed by atoms with Crippen LogP contribution in [-0.2, 0) is 0 Å². The number of hydrogen-bond donors (Lipinski definition) is 1. The van der Waals surface area contributed by atoms with Gasteiger partial charge in [-0.1, -0.05) is 103 Å². The Morgan fingerprint density at radius 2 is 1.33 bits per heavy atom. The molecule has 0 saturated carbocycles. The maximum Gasteiger partial charge on any atom is 0.198 e. The Bertz CT molecular complexity index is 2740. The summed E-state index contributed by atoms with van der Waals surface area (Å²) in [4.78, 5) is 6.28. The molecule has 4 heterocycles. The third-order valence-corrected chi connectivity index (χ3v) is 9.80. The van der Waals surface area contributed by atoms with E-state index in [1.807, 2.05) is 12.1 Å². The first-order valence-electron chi connectivity index (χ1n) is 15.4. The molecule has 4 nitrogen and oxygen atoms in total. The second-order valence-electron chi connectivity index (χ2n) is 12.1. The molecule has 0 bridgehead atoms. The average molecular weight is 574 g/mol. The third kappa shape index (κ3) is 3.02. The van der Waals surface area contributed by atoms with Crippen molar-refractivity contribution in [1.82, 2.24) is 4.98 Å². The van der Waals surface area contributed by atoms with E-state index in [-0.39, 0.29) is 0 Å². The molecule has 7 aromatic carbocycles. The number of fused-ring (bicyclic) bond motifs is 13. The fourth-order valence-electron chi connectivity index (χ4n) is 7.86. The quantitative estimate of drug-likeness (QED) is 0.199. The molecule has 0 radical (unpaired) electrons. The van der Waals surface area contributed by atoms with Crippen LogP contribution >= 0.6 is 0 Å². The van der Waals surface area contributed by atoms with Gasteiger partial charge in [0.15, 0.2) is 24.4 Å². The van der Waals surface area contributed by atoms with Crippen LogP contribution in [0.5, 0.6) is 11.5 Å². The summed E-state index contributed by atoms with van der Waals surface area (Å²) in [6.07, 6.45) is 0. The number of anilines is 3. The second-order valence-corrected chi connectivity index (χ2v) is 12.1. The maximum absolute atomic E-state index is 6.76. The molecule has 0 unspecified atom stereocenters. The average Bonchev–Trinajstić information content (AvgIpc) is 3.67. The number of furan rings is 1. The van der Waals surface area contributed by atoms with E-state index >= 15 is 0 Å². The minimum Gasteiger partial charge on any atom is -0.454 e. The largest absolute Gasteiger partial charge is 0.454 e. The number of benzene rings is 7. The molecule has 5 heteroatoms. The summed E-state index contributed by atoms with van der Waals surface area (Å²) in [5, 5.41) is 7.18. The standard InChI is InChI=1S/C40H23BN2O2/c1-2-10-23-22(9-1)19-20-27-25-12-7-13-26(37(25)42-36(23)27)28-21-29-24-11-3-5-16-32(24)45-40(29)39-35(28)41-30-14-8-18-34-38(30)43(39)31-15-4-6-17-33(31)44-34/h1-21,41-42H. The number of aromatic nitrogens is 1. The first-order chi connectivity index (χ1) is 22.3. The van der Waals surface area contributed by atoms with E-state index in [4.69, 9.17) is 9.15 Å². The molecule has 9 aromatic rings. The van der Waals surface area contributed by atoms with E-state index < -0.39 is 0 Å². The highest BCUT2D eigenvalue weighted by atomic mass is 16.5. The van der Waals surface area contributed by atoms with E-state index in [1.54, 1.807) is 0 Å². The number of H-pyrrole nitrogens is 1. The second kappa shape index (κ2) is 8.37. The Kier molecular flexibility index (Phi) is 4.37. The molecule has 0 amide bonds. The van der Waals surface area contributed by atoms with Crippen LogP contribution in [0.4, 0.5) is 17.1 Å². The summed E-state index contributed by atoms with van der Waals surface area (Å²) in [7, 11) is 0.766. The summed E-state index contributed by atoms with van der Waals surface area (Å²) in [6, 6.07) is 45.3. The van der Waals surface area contributed by atoms with Crippen LogP contribution in [0.1, 0.15) is 0 Å². The monoisotopic (exact) mass is 574 g/mol. The molecule has 1 N–H and O–H groups in total. The molecule has 0 saturated heterocycles. The van der Waals surface area contributed by atoms with Gasteiger partial charge in [0.25, 0.3) is 0 Å². The van der Waals surface area contributed by atoms with Gasteiger partial charge in [0.1, 0.15) is 5.58 Å². The number of hydrogen-bond acceptors (Lipinski definition) is 3. The zero-order valence-corrected chi connectivity index (χ0v) is 24.1. The van der Waals surface area contributed by atoms with Crippen LogP contribution < -0.4 is 20.6 Å². The van der Waals surface area contributed by atoms with Gasteiger partial charge in [0, 0.05) is 32.5 Å². The maximum atomic E-state index is 6.76. The molecule has 0 atom stereocenters. The molecule has 45 heavy (non-hydrogen) atoms. The topological polar surface area (TPSA) is 41.4 Å². The van der Waals surface area contributed by atoms with E-state index in [9.17, 15) is 0 Å². The third-order valence-electron chi connectivity index (χ3n) is 9.80. The predicted octanol–water partition coefficient (Wildman–Crippen LogP) is 9.32. The van der Waals surface area contributed by atoms with Crippen LogP contribution in [0.3, 0.4) is 0 Å². The molecule has 2 aliphatic heterocycles. The Labute approximate surface area is 258 Å². The first kappa shape index (κ1) is 23.5. The van der Waals surface area contributed by atoms with E-state index in [0.29, 0.717) is 0 Å². The van der Waals surface area contributed by atoms with Crippen molar-refractivity contribution >= 4 is 89.8 Å². The number of para-hydroxylation sites is 5.